The average Bonchev–Trinajstić information content (AvgIpc) is 2.74. The highest BCUT2D eigenvalue weighted by atomic mass is 35.5. The number of carbonyl (C=O) groups is 1. The molecule has 1 aliphatic rings. The standard InChI is InChI=1S/C20H25ClFN5O3/c1-12(10-28)24-19-23-8-14-5-6-27(9-17(14)25-19)20(29)26-18(11-30-2)13-3-4-16(22)15(21)7-13/h3-4,7-8,12,18,28H,5-6,9-11H2,1-2H3,(H,26,29)(H,23,24,25). The Bertz CT molecular complexity index is 901. The Balaban J connectivity index is 1.70. The Kier molecular flexibility index (Phi) is 7.41. The lowest BCUT2D eigenvalue weighted by atomic mass is 10.1. The number of fused-ring (bicyclic) bond motifs is 1. The van der Waals surface area contributed by atoms with Crippen LogP contribution in [0.2, 0.25) is 5.02 Å². The van der Waals surface area contributed by atoms with Crippen LogP contribution in [0.4, 0.5) is 15.1 Å². The van der Waals surface area contributed by atoms with Gasteiger partial charge in [-0.05, 0) is 36.6 Å². The number of hydrogen-bond donors (Lipinski definition) is 3. The highest BCUT2D eigenvalue weighted by Gasteiger charge is 2.25. The molecule has 0 radical (unpaired) electrons. The number of hydrogen-bond acceptors (Lipinski definition) is 6. The summed E-state index contributed by atoms with van der Waals surface area (Å²) in [6.07, 6.45) is 2.38. The Morgan fingerprint density at radius 2 is 2.27 bits per heavy atom. The second-order valence-electron chi connectivity index (χ2n) is 7.20. The molecule has 8 nitrogen and oxygen atoms in total. The molecule has 30 heavy (non-hydrogen) atoms. The number of aliphatic hydroxyl groups excluding tert-OH is 1. The molecule has 2 unspecified atom stereocenters. The summed E-state index contributed by atoms with van der Waals surface area (Å²) in [4.78, 5) is 23.3. The largest absolute Gasteiger partial charge is 0.394 e. The molecule has 0 saturated carbocycles. The molecule has 1 aromatic carbocycles. The van der Waals surface area contributed by atoms with E-state index in [1.807, 2.05) is 6.92 Å². The zero-order valence-electron chi connectivity index (χ0n) is 16.9. The van der Waals surface area contributed by atoms with Gasteiger partial charge in [-0.3, -0.25) is 0 Å². The zero-order chi connectivity index (χ0) is 21.7. The number of aromatic nitrogens is 2. The number of urea groups is 1. The Labute approximate surface area is 179 Å². The number of nitrogens with zero attached hydrogens (tertiary/aromatic N) is 3. The molecular weight excluding hydrogens is 413 g/mol. The van der Waals surface area contributed by atoms with Gasteiger partial charge in [0.05, 0.1) is 36.5 Å². The van der Waals surface area contributed by atoms with Gasteiger partial charge in [0.1, 0.15) is 5.82 Å². The number of anilines is 1. The van der Waals surface area contributed by atoms with Crippen LogP contribution in [0.15, 0.2) is 24.4 Å². The topological polar surface area (TPSA) is 99.6 Å². The van der Waals surface area contributed by atoms with Gasteiger partial charge in [0.2, 0.25) is 5.95 Å². The van der Waals surface area contributed by atoms with E-state index in [9.17, 15) is 14.3 Å². The number of nitrogens with one attached hydrogen (secondary N) is 2. The molecule has 2 aromatic rings. The monoisotopic (exact) mass is 437 g/mol. The third kappa shape index (κ3) is 5.35. The van der Waals surface area contributed by atoms with E-state index < -0.39 is 11.9 Å². The van der Waals surface area contributed by atoms with Crippen LogP contribution >= 0.6 is 11.6 Å². The molecule has 10 heteroatoms. The summed E-state index contributed by atoms with van der Waals surface area (Å²) in [7, 11) is 1.53. The van der Waals surface area contributed by atoms with Crippen LogP contribution in [0.1, 0.15) is 29.8 Å². The van der Waals surface area contributed by atoms with Crippen molar-refractivity contribution < 1.29 is 19.0 Å². The summed E-state index contributed by atoms with van der Waals surface area (Å²) < 4.78 is 18.7. The normalized spacial score (nSPS) is 15.3. The number of benzene rings is 1. The fraction of sp³-hybridized carbons (Fsp3) is 0.450. The number of carbonyl (C=O) groups excluding carboxylic acids is 1. The van der Waals surface area contributed by atoms with Crippen LogP contribution in [0.3, 0.4) is 0 Å². The van der Waals surface area contributed by atoms with E-state index in [0.29, 0.717) is 31.0 Å². The van der Waals surface area contributed by atoms with Gasteiger partial charge in [-0.15, -0.1) is 0 Å². The van der Waals surface area contributed by atoms with Gasteiger partial charge >= 0.3 is 6.03 Å². The molecule has 0 spiro atoms. The molecular formula is C20H25ClFN5O3. The number of rotatable bonds is 7. The van der Waals surface area contributed by atoms with Gasteiger partial charge in [0.15, 0.2) is 0 Å². The third-order valence-corrected chi connectivity index (χ3v) is 5.15. The second-order valence-corrected chi connectivity index (χ2v) is 7.60. The molecule has 2 heterocycles. The molecule has 1 aromatic heterocycles. The first kappa shape index (κ1) is 22.2. The predicted octanol–water partition coefficient (Wildman–Crippen LogP) is 2.52. The molecule has 2 amide bonds. The highest BCUT2D eigenvalue weighted by molar-refractivity contribution is 6.30. The highest BCUT2D eigenvalue weighted by Crippen LogP contribution is 2.23. The Morgan fingerprint density at radius 3 is 2.97 bits per heavy atom. The minimum Gasteiger partial charge on any atom is -0.394 e. The first-order valence-electron chi connectivity index (χ1n) is 9.62. The molecule has 3 N–H and O–H groups in total. The van der Waals surface area contributed by atoms with E-state index in [2.05, 4.69) is 20.6 Å². The van der Waals surface area contributed by atoms with Crippen molar-refractivity contribution in [1.29, 1.82) is 0 Å². The predicted molar refractivity (Wildman–Crippen MR) is 111 cm³/mol. The van der Waals surface area contributed by atoms with Crippen molar-refractivity contribution in [1.82, 2.24) is 20.2 Å². The summed E-state index contributed by atoms with van der Waals surface area (Å²) in [5, 5.41) is 15.1. The van der Waals surface area contributed by atoms with Gasteiger partial charge in [0.25, 0.3) is 0 Å². The molecule has 3 rings (SSSR count). The average molecular weight is 438 g/mol. The maximum absolute atomic E-state index is 13.5. The Hall–Kier alpha value is -2.49. The lowest BCUT2D eigenvalue weighted by Crippen LogP contribution is -2.45. The van der Waals surface area contributed by atoms with Gasteiger partial charge < -0.3 is 25.4 Å². The Morgan fingerprint density at radius 1 is 1.47 bits per heavy atom. The van der Waals surface area contributed by atoms with Gasteiger partial charge in [-0.1, -0.05) is 17.7 Å². The van der Waals surface area contributed by atoms with Gasteiger partial charge in [0, 0.05) is 25.9 Å². The lowest BCUT2D eigenvalue weighted by Gasteiger charge is -2.30. The molecule has 162 valence electrons. The summed E-state index contributed by atoms with van der Waals surface area (Å²) in [5.74, 6) is -0.106. The molecule has 0 saturated heterocycles. The van der Waals surface area contributed by atoms with Gasteiger partial charge in [-0.25, -0.2) is 19.2 Å². The van der Waals surface area contributed by atoms with Crippen molar-refractivity contribution in [2.24, 2.45) is 0 Å². The summed E-state index contributed by atoms with van der Waals surface area (Å²) in [6, 6.07) is 3.39. The van der Waals surface area contributed by atoms with Crippen molar-refractivity contribution >= 4 is 23.6 Å². The minimum absolute atomic E-state index is 0.0106. The summed E-state index contributed by atoms with van der Waals surface area (Å²) in [5.41, 5.74) is 2.40. The number of aliphatic hydroxyl groups is 1. The summed E-state index contributed by atoms with van der Waals surface area (Å²) >= 11 is 5.89. The minimum atomic E-state index is -0.518. The van der Waals surface area contributed by atoms with E-state index in [1.165, 1.54) is 19.2 Å². The molecule has 1 aliphatic heterocycles. The van der Waals surface area contributed by atoms with Crippen LogP contribution in [0.25, 0.3) is 0 Å². The van der Waals surface area contributed by atoms with Gasteiger partial charge in [-0.2, -0.15) is 0 Å². The maximum Gasteiger partial charge on any atom is 0.318 e. The lowest BCUT2D eigenvalue weighted by molar-refractivity contribution is 0.152. The molecule has 0 fully saturated rings. The fourth-order valence-corrected chi connectivity index (χ4v) is 3.36. The smallest absolute Gasteiger partial charge is 0.318 e. The van der Waals surface area contributed by atoms with Crippen LogP contribution in [-0.4, -0.2) is 58.9 Å². The molecule has 0 bridgehead atoms. The van der Waals surface area contributed by atoms with Crippen LogP contribution < -0.4 is 10.6 Å². The van der Waals surface area contributed by atoms with Crippen LogP contribution in [0.5, 0.6) is 0 Å². The van der Waals surface area contributed by atoms with E-state index in [4.69, 9.17) is 16.3 Å². The van der Waals surface area contributed by atoms with E-state index in [-0.39, 0.29) is 30.3 Å². The second kappa shape index (κ2) is 10.0. The van der Waals surface area contributed by atoms with Crippen molar-refractivity contribution in [3.63, 3.8) is 0 Å². The first-order valence-corrected chi connectivity index (χ1v) is 10.0. The molecule has 0 aliphatic carbocycles. The number of amides is 2. The van der Waals surface area contributed by atoms with E-state index >= 15 is 0 Å². The zero-order valence-corrected chi connectivity index (χ0v) is 17.6. The van der Waals surface area contributed by atoms with Crippen molar-refractivity contribution in [2.45, 2.75) is 32.0 Å². The number of methoxy groups -OCH3 is 1. The van der Waals surface area contributed by atoms with Crippen molar-refractivity contribution in [2.75, 3.05) is 32.2 Å². The molecule has 2 atom stereocenters. The third-order valence-electron chi connectivity index (χ3n) is 4.86. The first-order chi connectivity index (χ1) is 14.4. The maximum atomic E-state index is 13.5. The summed E-state index contributed by atoms with van der Waals surface area (Å²) in [6.45, 7) is 2.85. The van der Waals surface area contributed by atoms with Crippen molar-refractivity contribution in [3.8, 4) is 0 Å². The van der Waals surface area contributed by atoms with Crippen molar-refractivity contribution in [3.05, 3.63) is 52.1 Å². The number of ether oxygens (including phenoxy) is 1. The number of halogens is 2. The quantitative estimate of drug-likeness (QED) is 0.615. The van der Waals surface area contributed by atoms with Crippen LogP contribution in [0, 0.1) is 5.82 Å². The van der Waals surface area contributed by atoms with E-state index in [1.54, 1.807) is 17.2 Å². The SMILES string of the molecule is COCC(NC(=O)N1CCc2cnc(NC(C)CO)nc2C1)c1ccc(F)c(Cl)c1. The fourth-order valence-electron chi connectivity index (χ4n) is 3.17. The van der Waals surface area contributed by atoms with E-state index in [0.717, 1.165) is 11.3 Å². The van der Waals surface area contributed by atoms with Crippen LogP contribution in [-0.2, 0) is 17.7 Å².